The highest BCUT2D eigenvalue weighted by Crippen LogP contribution is 2.27. The lowest BCUT2D eigenvalue weighted by molar-refractivity contribution is 0.0940. The van der Waals surface area contributed by atoms with Crippen molar-refractivity contribution in [2.45, 2.75) is 45.8 Å². The van der Waals surface area contributed by atoms with Crippen molar-refractivity contribution >= 4 is 17.5 Å². The molecule has 5 nitrogen and oxygen atoms in total. The van der Waals surface area contributed by atoms with Crippen molar-refractivity contribution in [2.24, 2.45) is 0 Å². The fourth-order valence-corrected chi connectivity index (χ4v) is 4.33. The minimum atomic E-state index is -0.242. The van der Waals surface area contributed by atoms with Crippen LogP contribution >= 0.6 is 11.6 Å². The minimum Gasteiger partial charge on any atom is -0.460 e. The maximum atomic E-state index is 13.0. The van der Waals surface area contributed by atoms with E-state index < -0.39 is 0 Å². The Morgan fingerprint density at radius 1 is 1.00 bits per heavy atom. The first kappa shape index (κ1) is 26.2. The largest absolute Gasteiger partial charge is 0.460 e. The predicted molar refractivity (Wildman–Crippen MR) is 147 cm³/mol. The molecule has 1 aromatic heterocycles. The lowest BCUT2D eigenvalue weighted by Crippen LogP contribution is -2.34. The number of nitrogens with one attached hydrogen (secondary N) is 2. The topological polar surface area (TPSA) is 78.1 Å². The van der Waals surface area contributed by atoms with Crippen LogP contribution in [-0.4, -0.2) is 11.9 Å². The van der Waals surface area contributed by atoms with E-state index in [-0.39, 0.29) is 18.0 Å². The van der Waals surface area contributed by atoms with Crippen LogP contribution in [0.2, 0.25) is 5.02 Å². The number of rotatable bonds is 9. The van der Waals surface area contributed by atoms with E-state index in [2.05, 4.69) is 54.8 Å². The second kappa shape index (κ2) is 11.9. The highest BCUT2D eigenvalue weighted by atomic mass is 35.5. The van der Waals surface area contributed by atoms with E-state index in [4.69, 9.17) is 21.3 Å². The monoisotopic (exact) mass is 511 g/mol. The van der Waals surface area contributed by atoms with E-state index in [1.54, 1.807) is 24.3 Å². The van der Waals surface area contributed by atoms with Gasteiger partial charge in [-0.25, -0.2) is 0 Å². The number of carbonyl (C=O) groups excluding carboxylic acids is 1. The van der Waals surface area contributed by atoms with Gasteiger partial charge in [-0.1, -0.05) is 53.6 Å². The number of nitriles is 1. The molecule has 6 heteroatoms. The molecule has 1 heterocycles. The molecule has 2 atom stereocenters. The lowest BCUT2D eigenvalue weighted by atomic mass is 10.0. The fourth-order valence-electron chi connectivity index (χ4n) is 4.13. The van der Waals surface area contributed by atoms with Crippen LogP contribution in [0.5, 0.6) is 0 Å². The number of carbonyl (C=O) groups is 1. The Morgan fingerprint density at radius 2 is 1.73 bits per heavy atom. The number of hydrogen-bond acceptors (Lipinski definition) is 4. The Hall–Kier alpha value is -3.85. The Labute approximate surface area is 223 Å². The first-order chi connectivity index (χ1) is 17.8. The van der Waals surface area contributed by atoms with Crippen LogP contribution in [0.4, 0.5) is 0 Å². The Bertz CT molecular complexity index is 1400. The second-order valence-corrected chi connectivity index (χ2v) is 9.77. The molecule has 0 spiro atoms. The molecule has 0 unspecified atom stereocenters. The van der Waals surface area contributed by atoms with E-state index >= 15 is 0 Å². The van der Waals surface area contributed by atoms with Crippen molar-refractivity contribution < 1.29 is 9.21 Å². The predicted octanol–water partition coefficient (Wildman–Crippen LogP) is 6.99. The van der Waals surface area contributed by atoms with Gasteiger partial charge in [0, 0.05) is 17.6 Å². The molecule has 0 aliphatic rings. The van der Waals surface area contributed by atoms with Crippen molar-refractivity contribution in [1.82, 2.24) is 10.6 Å². The van der Waals surface area contributed by atoms with Crippen LogP contribution < -0.4 is 10.6 Å². The molecule has 0 radical (unpaired) electrons. The van der Waals surface area contributed by atoms with Gasteiger partial charge in [-0.05, 0) is 80.8 Å². The van der Waals surface area contributed by atoms with Crippen LogP contribution in [0.3, 0.4) is 0 Å². The van der Waals surface area contributed by atoms with Gasteiger partial charge in [0.2, 0.25) is 0 Å². The Morgan fingerprint density at radius 3 is 2.43 bits per heavy atom. The zero-order valence-electron chi connectivity index (χ0n) is 21.2. The molecular weight excluding hydrogens is 482 g/mol. The molecule has 3 aromatic carbocycles. The summed E-state index contributed by atoms with van der Waals surface area (Å²) in [6, 6.07) is 27.2. The SMILES string of the molecule is Cc1ccc([C@@H](C)NCc2ccc(-c3ccc(Cl)c(C(=O)N[C@@H](C)Cc4ccc(C#N)cc4)c3)o2)cc1. The normalized spacial score (nSPS) is 12.5. The molecule has 2 N–H and O–H groups in total. The van der Waals surface area contributed by atoms with E-state index in [1.807, 2.05) is 37.3 Å². The van der Waals surface area contributed by atoms with E-state index in [1.165, 1.54) is 11.1 Å². The summed E-state index contributed by atoms with van der Waals surface area (Å²) in [5.41, 5.74) is 5.30. The number of furan rings is 1. The number of nitrogens with zero attached hydrogens (tertiary/aromatic N) is 1. The zero-order chi connectivity index (χ0) is 26.4. The Kier molecular flexibility index (Phi) is 8.45. The van der Waals surface area contributed by atoms with Crippen molar-refractivity contribution in [3.05, 3.63) is 117 Å². The molecule has 4 aromatic rings. The molecule has 0 aliphatic heterocycles. The highest BCUT2D eigenvalue weighted by Gasteiger charge is 2.16. The molecule has 188 valence electrons. The summed E-state index contributed by atoms with van der Waals surface area (Å²) in [6.45, 7) is 6.73. The third-order valence-corrected chi connectivity index (χ3v) is 6.65. The van der Waals surface area contributed by atoms with Gasteiger partial charge >= 0.3 is 0 Å². The van der Waals surface area contributed by atoms with Crippen LogP contribution in [0, 0.1) is 18.3 Å². The van der Waals surface area contributed by atoms with E-state index in [0.29, 0.717) is 34.9 Å². The van der Waals surface area contributed by atoms with Crippen LogP contribution in [0.25, 0.3) is 11.3 Å². The number of aryl methyl sites for hydroxylation is 1. The maximum absolute atomic E-state index is 13.0. The summed E-state index contributed by atoms with van der Waals surface area (Å²) in [6.07, 6.45) is 0.643. The molecule has 0 saturated heterocycles. The van der Waals surface area contributed by atoms with Crippen LogP contribution in [-0.2, 0) is 13.0 Å². The van der Waals surface area contributed by atoms with Crippen LogP contribution in [0.1, 0.15) is 58.3 Å². The number of amides is 1. The summed E-state index contributed by atoms with van der Waals surface area (Å²) in [7, 11) is 0. The van der Waals surface area contributed by atoms with Crippen molar-refractivity contribution in [3.63, 3.8) is 0 Å². The molecule has 4 rings (SSSR count). The smallest absolute Gasteiger partial charge is 0.253 e. The van der Waals surface area contributed by atoms with Gasteiger partial charge in [0.15, 0.2) is 0 Å². The van der Waals surface area contributed by atoms with Gasteiger partial charge < -0.3 is 15.1 Å². The van der Waals surface area contributed by atoms with Crippen molar-refractivity contribution in [3.8, 4) is 17.4 Å². The third-order valence-electron chi connectivity index (χ3n) is 6.32. The zero-order valence-corrected chi connectivity index (χ0v) is 22.0. The van der Waals surface area contributed by atoms with Gasteiger partial charge in [-0.15, -0.1) is 0 Å². The molecule has 0 fully saturated rings. The number of hydrogen-bond donors (Lipinski definition) is 2. The summed E-state index contributed by atoms with van der Waals surface area (Å²) < 4.78 is 6.07. The molecule has 0 bridgehead atoms. The minimum absolute atomic E-state index is 0.114. The average molecular weight is 512 g/mol. The summed E-state index contributed by atoms with van der Waals surface area (Å²) >= 11 is 6.38. The van der Waals surface area contributed by atoms with Crippen molar-refractivity contribution in [2.75, 3.05) is 0 Å². The first-order valence-electron chi connectivity index (χ1n) is 12.3. The standard InChI is InChI=1S/C31H30ClN3O2/c1-20-4-10-25(11-5-20)22(3)34-19-27-13-15-30(37-27)26-12-14-29(32)28(17-26)31(36)35-21(2)16-23-6-8-24(18-33)9-7-23/h4-15,17,21-22,34H,16,19H2,1-3H3,(H,35,36)/t21-,22+/m0/s1. The number of halogens is 1. The van der Waals surface area contributed by atoms with E-state index in [9.17, 15) is 4.79 Å². The highest BCUT2D eigenvalue weighted by molar-refractivity contribution is 6.34. The summed E-state index contributed by atoms with van der Waals surface area (Å²) in [4.78, 5) is 13.0. The molecule has 0 saturated carbocycles. The lowest BCUT2D eigenvalue weighted by Gasteiger charge is -2.15. The van der Waals surface area contributed by atoms with Gasteiger partial charge in [-0.2, -0.15) is 5.26 Å². The second-order valence-electron chi connectivity index (χ2n) is 9.36. The average Bonchev–Trinajstić information content (AvgIpc) is 3.37. The van der Waals surface area contributed by atoms with Crippen molar-refractivity contribution in [1.29, 1.82) is 5.26 Å². The van der Waals surface area contributed by atoms with Gasteiger partial charge in [0.25, 0.3) is 5.91 Å². The number of benzene rings is 3. The first-order valence-corrected chi connectivity index (χ1v) is 12.7. The van der Waals surface area contributed by atoms with Gasteiger partial charge in [-0.3, -0.25) is 4.79 Å². The fraction of sp³-hybridized carbons (Fsp3) is 0.226. The van der Waals surface area contributed by atoms with Crippen LogP contribution in [0.15, 0.2) is 83.3 Å². The molecule has 0 aliphatic carbocycles. The summed E-state index contributed by atoms with van der Waals surface area (Å²) in [5.74, 6) is 1.25. The molecular formula is C31H30ClN3O2. The molecule has 1 amide bonds. The van der Waals surface area contributed by atoms with Gasteiger partial charge in [0.05, 0.1) is 28.8 Å². The third kappa shape index (κ3) is 6.89. The molecule has 37 heavy (non-hydrogen) atoms. The quantitative estimate of drug-likeness (QED) is 0.254. The van der Waals surface area contributed by atoms with E-state index in [0.717, 1.165) is 16.9 Å². The van der Waals surface area contributed by atoms with Gasteiger partial charge in [0.1, 0.15) is 11.5 Å². The maximum Gasteiger partial charge on any atom is 0.253 e. The summed E-state index contributed by atoms with van der Waals surface area (Å²) in [5, 5.41) is 15.9. The Balaban J connectivity index is 1.39.